The second-order valence-corrected chi connectivity index (χ2v) is 4.68. The molecule has 98 valence electrons. The number of carboxylic acids is 1. The molecule has 0 saturated carbocycles. The maximum absolute atomic E-state index is 11.9. The quantitative estimate of drug-likeness (QED) is 0.864. The van der Waals surface area contributed by atoms with Crippen LogP contribution in [0.3, 0.4) is 0 Å². The van der Waals surface area contributed by atoms with Gasteiger partial charge in [-0.3, -0.25) is 9.59 Å². The maximum atomic E-state index is 11.9. The van der Waals surface area contributed by atoms with Crippen LogP contribution in [0.2, 0.25) is 0 Å². The first-order valence-corrected chi connectivity index (χ1v) is 5.92. The summed E-state index contributed by atoms with van der Waals surface area (Å²) in [4.78, 5) is 24.1. The summed E-state index contributed by atoms with van der Waals surface area (Å²) in [6.45, 7) is 3.82. The molecule has 1 aromatic carbocycles. The number of aryl methyl sites for hydroxylation is 1. The van der Waals surface area contributed by atoms with E-state index in [-0.39, 0.29) is 12.5 Å². The zero-order chi connectivity index (χ0) is 13.7. The van der Waals surface area contributed by atoms with Crippen LogP contribution in [0.5, 0.6) is 0 Å². The Balaban J connectivity index is 2.54. The second kappa shape index (κ2) is 6.19. The molecule has 18 heavy (non-hydrogen) atoms. The second-order valence-electron chi connectivity index (χ2n) is 4.68. The lowest BCUT2D eigenvalue weighted by Crippen LogP contribution is -2.34. The Kier molecular flexibility index (Phi) is 4.89. The third kappa shape index (κ3) is 4.20. The van der Waals surface area contributed by atoms with Gasteiger partial charge in [-0.25, -0.2) is 0 Å². The normalized spacial score (nSPS) is 11.9. The van der Waals surface area contributed by atoms with Crippen molar-refractivity contribution in [2.24, 2.45) is 5.92 Å². The molecule has 0 aliphatic rings. The van der Waals surface area contributed by atoms with E-state index in [9.17, 15) is 9.59 Å². The van der Waals surface area contributed by atoms with Crippen molar-refractivity contribution in [3.8, 4) is 0 Å². The molecule has 1 rings (SSSR count). The number of amides is 1. The minimum atomic E-state index is -0.884. The van der Waals surface area contributed by atoms with E-state index in [1.165, 1.54) is 4.90 Å². The van der Waals surface area contributed by atoms with E-state index in [0.717, 1.165) is 11.1 Å². The van der Waals surface area contributed by atoms with Gasteiger partial charge in [-0.2, -0.15) is 0 Å². The van der Waals surface area contributed by atoms with Crippen LogP contribution < -0.4 is 0 Å². The first-order chi connectivity index (χ1) is 8.40. The SMILES string of the molecule is Cc1ccc(CC(=O)N(C)CC(C)C(=O)O)cc1. The molecule has 1 unspecified atom stereocenters. The molecule has 0 radical (unpaired) electrons. The van der Waals surface area contributed by atoms with E-state index in [0.29, 0.717) is 6.42 Å². The van der Waals surface area contributed by atoms with Crippen LogP contribution in [-0.2, 0) is 16.0 Å². The number of rotatable bonds is 5. The number of nitrogens with zero attached hydrogens (tertiary/aromatic N) is 1. The Labute approximate surface area is 107 Å². The monoisotopic (exact) mass is 249 g/mol. The molecule has 0 aliphatic heterocycles. The predicted octanol–water partition coefficient (Wildman–Crippen LogP) is 1.72. The lowest BCUT2D eigenvalue weighted by atomic mass is 10.1. The zero-order valence-electron chi connectivity index (χ0n) is 11.0. The van der Waals surface area contributed by atoms with Crippen molar-refractivity contribution in [2.45, 2.75) is 20.3 Å². The van der Waals surface area contributed by atoms with Gasteiger partial charge in [0.05, 0.1) is 12.3 Å². The van der Waals surface area contributed by atoms with Crippen molar-refractivity contribution in [1.29, 1.82) is 0 Å². The molecule has 0 aromatic heterocycles. The van der Waals surface area contributed by atoms with E-state index in [1.54, 1.807) is 14.0 Å². The fourth-order valence-corrected chi connectivity index (χ4v) is 1.61. The number of hydrogen-bond acceptors (Lipinski definition) is 2. The molecule has 0 spiro atoms. The van der Waals surface area contributed by atoms with E-state index in [1.807, 2.05) is 31.2 Å². The highest BCUT2D eigenvalue weighted by Gasteiger charge is 2.17. The largest absolute Gasteiger partial charge is 0.481 e. The number of aliphatic carboxylic acids is 1. The average Bonchev–Trinajstić information content (AvgIpc) is 2.31. The summed E-state index contributed by atoms with van der Waals surface area (Å²) in [6, 6.07) is 7.76. The molecule has 0 fully saturated rings. The standard InChI is InChI=1S/C14H19NO3/c1-10-4-6-12(7-5-10)8-13(16)15(3)9-11(2)14(17)18/h4-7,11H,8-9H2,1-3H3,(H,17,18). The van der Waals surface area contributed by atoms with Gasteiger partial charge in [0.25, 0.3) is 0 Å². The Bertz CT molecular complexity index is 425. The smallest absolute Gasteiger partial charge is 0.308 e. The molecule has 0 aliphatic carbocycles. The summed E-state index contributed by atoms with van der Waals surface area (Å²) in [7, 11) is 1.63. The highest BCUT2D eigenvalue weighted by atomic mass is 16.4. The first kappa shape index (κ1) is 14.2. The van der Waals surface area contributed by atoms with Crippen molar-refractivity contribution in [3.05, 3.63) is 35.4 Å². The molecule has 1 amide bonds. The van der Waals surface area contributed by atoms with Gasteiger partial charge in [-0.15, -0.1) is 0 Å². The number of carbonyl (C=O) groups excluding carboxylic acids is 1. The number of carbonyl (C=O) groups is 2. The van der Waals surface area contributed by atoms with Gasteiger partial charge >= 0.3 is 5.97 Å². The molecular weight excluding hydrogens is 230 g/mol. The van der Waals surface area contributed by atoms with Gasteiger partial charge in [0.1, 0.15) is 0 Å². The lowest BCUT2D eigenvalue weighted by molar-refractivity contribution is -0.142. The Hall–Kier alpha value is -1.84. The van der Waals surface area contributed by atoms with Gasteiger partial charge in [0, 0.05) is 13.6 Å². The summed E-state index contributed by atoms with van der Waals surface area (Å²) in [5.74, 6) is -1.49. The van der Waals surface area contributed by atoms with Crippen LogP contribution in [-0.4, -0.2) is 35.5 Å². The van der Waals surface area contributed by atoms with E-state index < -0.39 is 11.9 Å². The first-order valence-electron chi connectivity index (χ1n) is 5.92. The maximum Gasteiger partial charge on any atom is 0.308 e. The zero-order valence-corrected chi connectivity index (χ0v) is 11.0. The van der Waals surface area contributed by atoms with Crippen LogP contribution in [0.4, 0.5) is 0 Å². The van der Waals surface area contributed by atoms with Crippen molar-refractivity contribution in [2.75, 3.05) is 13.6 Å². The Morgan fingerprint density at radius 1 is 1.28 bits per heavy atom. The predicted molar refractivity (Wildman–Crippen MR) is 69.3 cm³/mol. The number of carboxylic acid groups (broad SMARTS) is 1. The van der Waals surface area contributed by atoms with E-state index in [4.69, 9.17) is 5.11 Å². The summed E-state index contributed by atoms with van der Waals surface area (Å²) >= 11 is 0. The lowest BCUT2D eigenvalue weighted by Gasteiger charge is -2.19. The molecule has 1 aromatic rings. The molecule has 4 nitrogen and oxygen atoms in total. The fraction of sp³-hybridized carbons (Fsp3) is 0.429. The minimum Gasteiger partial charge on any atom is -0.481 e. The van der Waals surface area contributed by atoms with Crippen LogP contribution in [0, 0.1) is 12.8 Å². The summed E-state index contributed by atoms with van der Waals surface area (Å²) < 4.78 is 0. The molecule has 0 saturated heterocycles. The molecule has 4 heteroatoms. The van der Waals surface area contributed by atoms with E-state index in [2.05, 4.69) is 0 Å². The molecule has 1 N–H and O–H groups in total. The van der Waals surface area contributed by atoms with Crippen LogP contribution in [0.25, 0.3) is 0 Å². The van der Waals surface area contributed by atoms with Crippen molar-refractivity contribution in [1.82, 2.24) is 4.90 Å². The fourth-order valence-electron chi connectivity index (χ4n) is 1.61. The average molecular weight is 249 g/mol. The number of benzene rings is 1. The summed E-state index contributed by atoms with van der Waals surface area (Å²) in [6.07, 6.45) is 0.309. The van der Waals surface area contributed by atoms with Crippen molar-refractivity contribution < 1.29 is 14.7 Å². The highest BCUT2D eigenvalue weighted by molar-refractivity contribution is 5.79. The molecular formula is C14H19NO3. The summed E-state index contributed by atoms with van der Waals surface area (Å²) in [5.41, 5.74) is 2.10. The van der Waals surface area contributed by atoms with Crippen LogP contribution in [0.1, 0.15) is 18.1 Å². The van der Waals surface area contributed by atoms with Gasteiger partial charge in [-0.1, -0.05) is 36.8 Å². The topological polar surface area (TPSA) is 57.6 Å². The van der Waals surface area contributed by atoms with Gasteiger partial charge in [0.15, 0.2) is 0 Å². The van der Waals surface area contributed by atoms with Gasteiger partial charge < -0.3 is 10.0 Å². The third-order valence-electron chi connectivity index (χ3n) is 2.87. The van der Waals surface area contributed by atoms with Crippen molar-refractivity contribution >= 4 is 11.9 Å². The Morgan fingerprint density at radius 3 is 2.33 bits per heavy atom. The van der Waals surface area contributed by atoms with Crippen LogP contribution in [0.15, 0.2) is 24.3 Å². The number of hydrogen-bond donors (Lipinski definition) is 1. The van der Waals surface area contributed by atoms with Crippen molar-refractivity contribution in [3.63, 3.8) is 0 Å². The van der Waals surface area contributed by atoms with Crippen LogP contribution >= 0.6 is 0 Å². The molecule has 1 atom stereocenters. The third-order valence-corrected chi connectivity index (χ3v) is 2.87. The highest BCUT2D eigenvalue weighted by Crippen LogP contribution is 2.06. The van der Waals surface area contributed by atoms with Gasteiger partial charge in [-0.05, 0) is 12.5 Å². The Morgan fingerprint density at radius 2 is 1.83 bits per heavy atom. The van der Waals surface area contributed by atoms with E-state index >= 15 is 0 Å². The summed E-state index contributed by atoms with van der Waals surface area (Å²) in [5, 5.41) is 8.79. The molecule has 0 heterocycles. The molecule has 0 bridgehead atoms. The number of likely N-dealkylation sites (N-methyl/N-ethyl adjacent to an activating group) is 1. The van der Waals surface area contributed by atoms with Gasteiger partial charge in [0.2, 0.25) is 5.91 Å². The minimum absolute atomic E-state index is 0.0630.